The van der Waals surface area contributed by atoms with Crippen LogP contribution in [0.15, 0.2) is 12.1 Å². The Kier molecular flexibility index (Phi) is 9.70. The SMILES string of the molecule is COCCOCCOCCOc1ccc(Cl)c(CCl)n1. The lowest BCUT2D eigenvalue weighted by Gasteiger charge is -2.08. The third kappa shape index (κ3) is 7.26. The van der Waals surface area contributed by atoms with Crippen molar-refractivity contribution in [3.8, 4) is 5.88 Å². The maximum absolute atomic E-state index is 5.90. The Morgan fingerprint density at radius 2 is 1.65 bits per heavy atom. The van der Waals surface area contributed by atoms with Gasteiger partial charge in [-0.15, -0.1) is 11.6 Å². The molecule has 1 heterocycles. The number of nitrogens with zero attached hydrogens (tertiary/aromatic N) is 1. The number of pyridine rings is 1. The van der Waals surface area contributed by atoms with Crippen LogP contribution in [0.2, 0.25) is 5.02 Å². The minimum absolute atomic E-state index is 0.255. The zero-order valence-corrected chi connectivity index (χ0v) is 13.0. The van der Waals surface area contributed by atoms with Crippen LogP contribution in [-0.4, -0.2) is 51.7 Å². The number of alkyl halides is 1. The van der Waals surface area contributed by atoms with Crippen LogP contribution in [0.25, 0.3) is 0 Å². The average molecular weight is 324 g/mol. The van der Waals surface area contributed by atoms with Gasteiger partial charge in [-0.25, -0.2) is 4.98 Å². The van der Waals surface area contributed by atoms with Gasteiger partial charge in [0.15, 0.2) is 0 Å². The first-order valence-corrected chi connectivity index (χ1v) is 7.17. The van der Waals surface area contributed by atoms with Gasteiger partial charge in [-0.2, -0.15) is 0 Å². The molecule has 0 fully saturated rings. The van der Waals surface area contributed by atoms with Crippen LogP contribution in [-0.2, 0) is 20.1 Å². The predicted molar refractivity (Wildman–Crippen MR) is 77.8 cm³/mol. The van der Waals surface area contributed by atoms with E-state index in [-0.39, 0.29) is 5.88 Å². The first-order chi connectivity index (χ1) is 9.77. The van der Waals surface area contributed by atoms with Gasteiger partial charge in [-0.1, -0.05) is 11.6 Å². The van der Waals surface area contributed by atoms with Crippen LogP contribution in [0.4, 0.5) is 0 Å². The van der Waals surface area contributed by atoms with Crippen LogP contribution in [0.5, 0.6) is 5.88 Å². The second-order valence-corrected chi connectivity index (χ2v) is 4.45. The van der Waals surface area contributed by atoms with Gasteiger partial charge in [0.2, 0.25) is 5.88 Å². The van der Waals surface area contributed by atoms with Crippen LogP contribution >= 0.6 is 23.2 Å². The van der Waals surface area contributed by atoms with Crippen LogP contribution in [0.3, 0.4) is 0 Å². The summed E-state index contributed by atoms with van der Waals surface area (Å²) in [5.41, 5.74) is 0.610. The molecule has 0 bridgehead atoms. The fraction of sp³-hybridized carbons (Fsp3) is 0.615. The lowest BCUT2D eigenvalue weighted by Crippen LogP contribution is -2.12. The molecule has 5 nitrogen and oxygen atoms in total. The maximum atomic E-state index is 5.90. The van der Waals surface area contributed by atoms with E-state index < -0.39 is 0 Å². The molecule has 1 aromatic heterocycles. The van der Waals surface area contributed by atoms with Gasteiger partial charge in [-0.05, 0) is 6.07 Å². The van der Waals surface area contributed by atoms with Crippen molar-refractivity contribution in [1.82, 2.24) is 4.98 Å². The second-order valence-electron chi connectivity index (χ2n) is 3.78. The van der Waals surface area contributed by atoms with E-state index in [1.807, 2.05) is 0 Å². The number of halogens is 2. The zero-order valence-electron chi connectivity index (χ0n) is 11.4. The van der Waals surface area contributed by atoms with Gasteiger partial charge in [0.05, 0.1) is 49.6 Å². The van der Waals surface area contributed by atoms with Crippen molar-refractivity contribution in [3.63, 3.8) is 0 Å². The van der Waals surface area contributed by atoms with Crippen molar-refractivity contribution in [3.05, 3.63) is 22.8 Å². The van der Waals surface area contributed by atoms with Crippen molar-refractivity contribution in [2.45, 2.75) is 5.88 Å². The normalized spacial score (nSPS) is 10.8. The van der Waals surface area contributed by atoms with Crippen LogP contribution in [0, 0.1) is 0 Å². The lowest BCUT2D eigenvalue weighted by molar-refractivity contribution is 0.0176. The highest BCUT2D eigenvalue weighted by Gasteiger charge is 2.03. The smallest absolute Gasteiger partial charge is 0.213 e. The Morgan fingerprint density at radius 1 is 1.00 bits per heavy atom. The minimum Gasteiger partial charge on any atom is -0.475 e. The Hall–Kier alpha value is -0.590. The number of rotatable bonds is 11. The first-order valence-electron chi connectivity index (χ1n) is 6.26. The molecule has 7 heteroatoms. The van der Waals surface area contributed by atoms with Crippen molar-refractivity contribution in [2.75, 3.05) is 46.8 Å². The standard InChI is InChI=1S/C13H19Cl2NO4/c1-17-4-5-18-6-7-19-8-9-20-13-3-2-11(15)12(10-14)16-13/h2-3H,4-10H2,1H3. The second kappa shape index (κ2) is 11.1. The summed E-state index contributed by atoms with van der Waals surface area (Å²) in [5.74, 6) is 0.746. The van der Waals surface area contributed by atoms with E-state index in [2.05, 4.69) is 4.98 Å². The molecular weight excluding hydrogens is 305 g/mol. The summed E-state index contributed by atoms with van der Waals surface area (Å²) in [7, 11) is 1.64. The largest absolute Gasteiger partial charge is 0.475 e. The molecule has 0 atom stereocenters. The number of methoxy groups -OCH3 is 1. The fourth-order valence-corrected chi connectivity index (χ4v) is 1.75. The van der Waals surface area contributed by atoms with Gasteiger partial charge >= 0.3 is 0 Å². The maximum Gasteiger partial charge on any atom is 0.213 e. The highest BCUT2D eigenvalue weighted by Crippen LogP contribution is 2.19. The summed E-state index contributed by atoms with van der Waals surface area (Å²) < 4.78 is 20.9. The van der Waals surface area contributed by atoms with Crippen LogP contribution < -0.4 is 4.74 Å². The lowest BCUT2D eigenvalue weighted by atomic mass is 10.4. The van der Waals surface area contributed by atoms with E-state index in [4.69, 9.17) is 42.1 Å². The van der Waals surface area contributed by atoms with E-state index in [1.165, 1.54) is 0 Å². The number of aromatic nitrogens is 1. The quantitative estimate of drug-likeness (QED) is 0.462. The molecule has 0 saturated heterocycles. The summed E-state index contributed by atoms with van der Waals surface area (Å²) in [4.78, 5) is 4.18. The van der Waals surface area contributed by atoms with E-state index in [1.54, 1.807) is 19.2 Å². The molecule has 114 valence electrons. The summed E-state index contributed by atoms with van der Waals surface area (Å²) in [6.07, 6.45) is 0. The molecule has 0 saturated carbocycles. The highest BCUT2D eigenvalue weighted by molar-refractivity contribution is 6.32. The summed E-state index contributed by atoms with van der Waals surface area (Å²) in [5, 5.41) is 0.539. The topological polar surface area (TPSA) is 49.8 Å². The number of hydrogen-bond donors (Lipinski definition) is 0. The van der Waals surface area contributed by atoms with Gasteiger partial charge in [-0.3, -0.25) is 0 Å². The van der Waals surface area contributed by atoms with Crippen molar-refractivity contribution in [2.24, 2.45) is 0 Å². The molecule has 0 aliphatic rings. The van der Waals surface area contributed by atoms with Gasteiger partial charge in [0.25, 0.3) is 0 Å². The van der Waals surface area contributed by atoms with Gasteiger partial charge in [0.1, 0.15) is 6.61 Å². The number of hydrogen-bond acceptors (Lipinski definition) is 5. The van der Waals surface area contributed by atoms with Crippen molar-refractivity contribution in [1.29, 1.82) is 0 Å². The molecule has 0 amide bonds. The highest BCUT2D eigenvalue weighted by atomic mass is 35.5. The molecule has 0 unspecified atom stereocenters. The fourth-order valence-electron chi connectivity index (χ4n) is 1.31. The molecular formula is C13H19Cl2NO4. The van der Waals surface area contributed by atoms with Gasteiger partial charge < -0.3 is 18.9 Å². The monoisotopic (exact) mass is 323 g/mol. The first kappa shape index (κ1) is 17.5. The van der Waals surface area contributed by atoms with Crippen LogP contribution in [0.1, 0.15) is 5.69 Å². The summed E-state index contributed by atoms with van der Waals surface area (Å²) in [6.45, 7) is 3.11. The minimum atomic E-state index is 0.255. The third-order valence-corrected chi connectivity index (χ3v) is 2.90. The Balaban J connectivity index is 2.06. The van der Waals surface area contributed by atoms with Crippen molar-refractivity contribution < 1.29 is 18.9 Å². The molecule has 0 spiro atoms. The summed E-state index contributed by atoms with van der Waals surface area (Å²) in [6, 6.07) is 3.42. The van der Waals surface area contributed by atoms with E-state index >= 15 is 0 Å². The molecule has 0 aromatic carbocycles. The van der Waals surface area contributed by atoms with E-state index in [0.29, 0.717) is 56.2 Å². The van der Waals surface area contributed by atoms with Gasteiger partial charge in [0, 0.05) is 13.2 Å². The molecule has 0 aliphatic carbocycles. The Labute approximate surface area is 129 Å². The molecule has 0 aliphatic heterocycles. The zero-order chi connectivity index (χ0) is 14.6. The molecule has 0 N–H and O–H groups in total. The Bertz CT molecular complexity index is 379. The molecule has 1 rings (SSSR count). The molecule has 20 heavy (non-hydrogen) atoms. The van der Waals surface area contributed by atoms with Crippen molar-refractivity contribution >= 4 is 23.2 Å². The molecule has 1 aromatic rings. The third-order valence-electron chi connectivity index (χ3n) is 2.30. The van der Waals surface area contributed by atoms with E-state index in [0.717, 1.165) is 0 Å². The predicted octanol–water partition coefficient (Wildman–Crippen LogP) is 2.53. The Morgan fingerprint density at radius 3 is 2.30 bits per heavy atom. The number of ether oxygens (including phenoxy) is 4. The molecule has 0 radical (unpaired) electrons. The average Bonchev–Trinajstić information content (AvgIpc) is 2.47. The van der Waals surface area contributed by atoms with E-state index in [9.17, 15) is 0 Å². The summed E-state index contributed by atoms with van der Waals surface area (Å²) >= 11 is 11.6.